The molecule has 6 nitrogen and oxygen atoms in total. The highest BCUT2D eigenvalue weighted by Gasteiger charge is 2.36. The number of piperazine rings is 1. The maximum Gasteiger partial charge on any atom is 0.262 e. The summed E-state index contributed by atoms with van der Waals surface area (Å²) in [6.07, 6.45) is 0. The molecule has 2 amide bonds. The zero-order valence-electron chi connectivity index (χ0n) is 14.5. The minimum Gasteiger partial charge on any atom is -0.496 e. The standard InChI is InChI=1S/C19H19ClN2O4/c1-25-14-4-3-5-15(26-2)16(14)19(24)22-11-10-21-18(23)17(22)12-6-8-13(20)9-7-12/h3-9,17H,10-11H2,1-2H3,(H,21,23). The van der Waals surface area contributed by atoms with Crippen molar-refractivity contribution in [3.8, 4) is 11.5 Å². The van der Waals surface area contributed by atoms with E-state index < -0.39 is 6.04 Å². The molecule has 7 heteroatoms. The molecule has 1 saturated heterocycles. The molecule has 0 spiro atoms. The van der Waals surface area contributed by atoms with Crippen LogP contribution in [0.4, 0.5) is 0 Å². The molecule has 2 aromatic carbocycles. The van der Waals surface area contributed by atoms with Crippen LogP contribution in [0.5, 0.6) is 11.5 Å². The number of rotatable bonds is 4. The van der Waals surface area contributed by atoms with Gasteiger partial charge in [0.25, 0.3) is 5.91 Å². The number of hydrogen-bond donors (Lipinski definition) is 1. The molecule has 2 aromatic rings. The number of methoxy groups -OCH3 is 2. The van der Waals surface area contributed by atoms with Gasteiger partial charge in [0, 0.05) is 18.1 Å². The van der Waals surface area contributed by atoms with E-state index in [2.05, 4.69) is 5.32 Å². The molecular formula is C19H19ClN2O4. The molecule has 1 fully saturated rings. The number of ether oxygens (including phenoxy) is 2. The van der Waals surface area contributed by atoms with Crippen LogP contribution in [0.3, 0.4) is 0 Å². The number of nitrogens with zero attached hydrogens (tertiary/aromatic N) is 1. The van der Waals surface area contributed by atoms with Gasteiger partial charge in [-0.2, -0.15) is 0 Å². The fourth-order valence-corrected chi connectivity index (χ4v) is 3.19. The van der Waals surface area contributed by atoms with Gasteiger partial charge in [-0.1, -0.05) is 29.8 Å². The maximum atomic E-state index is 13.3. The van der Waals surface area contributed by atoms with E-state index in [1.54, 1.807) is 42.5 Å². The Labute approximate surface area is 156 Å². The van der Waals surface area contributed by atoms with Crippen LogP contribution in [0.25, 0.3) is 0 Å². The quantitative estimate of drug-likeness (QED) is 0.893. The highest BCUT2D eigenvalue weighted by molar-refractivity contribution is 6.30. The van der Waals surface area contributed by atoms with Gasteiger partial charge in [0.05, 0.1) is 14.2 Å². The van der Waals surface area contributed by atoms with Crippen molar-refractivity contribution in [3.63, 3.8) is 0 Å². The summed E-state index contributed by atoms with van der Waals surface area (Å²) in [5.74, 6) is 0.236. The molecule has 0 radical (unpaired) electrons. The van der Waals surface area contributed by atoms with Gasteiger partial charge in [-0.05, 0) is 29.8 Å². The summed E-state index contributed by atoms with van der Waals surface area (Å²) in [5, 5.41) is 3.37. The van der Waals surface area contributed by atoms with Crippen molar-refractivity contribution in [1.29, 1.82) is 0 Å². The topological polar surface area (TPSA) is 67.9 Å². The summed E-state index contributed by atoms with van der Waals surface area (Å²) < 4.78 is 10.7. The van der Waals surface area contributed by atoms with Gasteiger partial charge >= 0.3 is 0 Å². The highest BCUT2D eigenvalue weighted by atomic mass is 35.5. The smallest absolute Gasteiger partial charge is 0.262 e. The van der Waals surface area contributed by atoms with Gasteiger partial charge in [-0.15, -0.1) is 0 Å². The van der Waals surface area contributed by atoms with Crippen LogP contribution >= 0.6 is 11.6 Å². The molecule has 1 aliphatic heterocycles. The molecule has 0 aromatic heterocycles. The van der Waals surface area contributed by atoms with Gasteiger partial charge in [-0.3, -0.25) is 9.59 Å². The molecule has 1 heterocycles. The molecule has 0 aliphatic carbocycles. The largest absolute Gasteiger partial charge is 0.496 e. The van der Waals surface area contributed by atoms with Gasteiger partial charge in [0.1, 0.15) is 23.1 Å². The highest BCUT2D eigenvalue weighted by Crippen LogP contribution is 2.33. The SMILES string of the molecule is COc1cccc(OC)c1C(=O)N1CCNC(=O)C1c1ccc(Cl)cc1. The molecule has 0 saturated carbocycles. The molecule has 1 atom stereocenters. The second-order valence-electron chi connectivity index (χ2n) is 5.78. The number of nitrogens with one attached hydrogen (secondary N) is 1. The third kappa shape index (κ3) is 3.32. The molecule has 1 aliphatic rings. The van der Waals surface area contributed by atoms with E-state index in [4.69, 9.17) is 21.1 Å². The Balaban J connectivity index is 2.04. The lowest BCUT2D eigenvalue weighted by Gasteiger charge is -2.35. The lowest BCUT2D eigenvalue weighted by atomic mass is 10.0. The molecule has 26 heavy (non-hydrogen) atoms. The fraction of sp³-hybridized carbons (Fsp3) is 0.263. The van der Waals surface area contributed by atoms with Crippen molar-refractivity contribution in [3.05, 3.63) is 58.6 Å². The Morgan fingerprint density at radius 1 is 1.12 bits per heavy atom. The molecule has 1 unspecified atom stereocenters. The van der Waals surface area contributed by atoms with Crippen LogP contribution in [-0.2, 0) is 4.79 Å². The lowest BCUT2D eigenvalue weighted by molar-refractivity contribution is -0.128. The number of benzene rings is 2. The molecule has 136 valence electrons. The second kappa shape index (κ2) is 7.66. The third-order valence-electron chi connectivity index (χ3n) is 4.30. The first-order valence-electron chi connectivity index (χ1n) is 8.12. The van der Waals surface area contributed by atoms with Crippen LogP contribution in [0.15, 0.2) is 42.5 Å². The summed E-state index contributed by atoms with van der Waals surface area (Å²) in [6.45, 7) is 0.755. The molecular weight excluding hydrogens is 356 g/mol. The normalized spacial score (nSPS) is 16.8. The van der Waals surface area contributed by atoms with Crippen molar-refractivity contribution in [2.45, 2.75) is 6.04 Å². The molecule has 3 rings (SSSR count). The van der Waals surface area contributed by atoms with Crippen LogP contribution < -0.4 is 14.8 Å². The Kier molecular flexibility index (Phi) is 5.32. The number of hydrogen-bond acceptors (Lipinski definition) is 4. The molecule has 1 N–H and O–H groups in total. The van der Waals surface area contributed by atoms with Crippen molar-refractivity contribution in [2.75, 3.05) is 27.3 Å². The number of amides is 2. The van der Waals surface area contributed by atoms with E-state index in [-0.39, 0.29) is 11.8 Å². The predicted octanol–water partition coefficient (Wildman–Crippen LogP) is 2.67. The average Bonchev–Trinajstić information content (AvgIpc) is 2.67. The van der Waals surface area contributed by atoms with Gasteiger partial charge in [0.15, 0.2) is 0 Å². The van der Waals surface area contributed by atoms with Crippen LogP contribution in [0, 0.1) is 0 Å². The van der Waals surface area contributed by atoms with Crippen LogP contribution in [0.2, 0.25) is 5.02 Å². The van der Waals surface area contributed by atoms with Gasteiger partial charge in [-0.25, -0.2) is 0 Å². The maximum absolute atomic E-state index is 13.3. The number of carbonyl (C=O) groups is 2. The minimum atomic E-state index is -0.747. The third-order valence-corrected chi connectivity index (χ3v) is 4.55. The lowest BCUT2D eigenvalue weighted by Crippen LogP contribution is -2.52. The van der Waals surface area contributed by atoms with Crippen molar-refractivity contribution < 1.29 is 19.1 Å². The van der Waals surface area contributed by atoms with Crippen molar-refractivity contribution >= 4 is 23.4 Å². The summed E-state index contributed by atoms with van der Waals surface area (Å²) in [6, 6.07) is 11.3. The zero-order chi connectivity index (χ0) is 18.7. The Hall–Kier alpha value is -2.73. The van der Waals surface area contributed by atoms with E-state index in [1.165, 1.54) is 19.1 Å². The van der Waals surface area contributed by atoms with Gasteiger partial charge in [0.2, 0.25) is 5.91 Å². The zero-order valence-corrected chi connectivity index (χ0v) is 15.2. The minimum absolute atomic E-state index is 0.235. The first-order chi connectivity index (χ1) is 12.6. The summed E-state index contributed by atoms with van der Waals surface area (Å²) in [7, 11) is 2.98. The predicted molar refractivity (Wildman–Crippen MR) is 97.8 cm³/mol. The van der Waals surface area contributed by atoms with E-state index in [0.717, 1.165) is 0 Å². The second-order valence-corrected chi connectivity index (χ2v) is 6.22. The Bertz CT molecular complexity index is 801. The van der Waals surface area contributed by atoms with E-state index in [9.17, 15) is 9.59 Å². The first-order valence-corrected chi connectivity index (χ1v) is 8.49. The summed E-state index contributed by atoms with van der Waals surface area (Å²) in [5.41, 5.74) is 0.986. The first kappa shape index (κ1) is 18.1. The van der Waals surface area contributed by atoms with Crippen LogP contribution in [-0.4, -0.2) is 44.0 Å². The van der Waals surface area contributed by atoms with Crippen molar-refractivity contribution in [2.24, 2.45) is 0 Å². The Morgan fingerprint density at radius 3 is 2.31 bits per heavy atom. The van der Waals surface area contributed by atoms with Crippen molar-refractivity contribution in [1.82, 2.24) is 10.2 Å². The van der Waals surface area contributed by atoms with Gasteiger partial charge < -0.3 is 19.7 Å². The van der Waals surface area contributed by atoms with E-state index in [1.807, 2.05) is 0 Å². The monoisotopic (exact) mass is 374 g/mol. The molecule has 0 bridgehead atoms. The number of halogens is 1. The summed E-state index contributed by atoms with van der Waals surface area (Å²) in [4.78, 5) is 27.4. The van der Waals surface area contributed by atoms with Crippen LogP contribution in [0.1, 0.15) is 22.0 Å². The number of carbonyl (C=O) groups excluding carboxylic acids is 2. The van der Waals surface area contributed by atoms with E-state index >= 15 is 0 Å². The average molecular weight is 375 g/mol. The summed E-state index contributed by atoms with van der Waals surface area (Å²) >= 11 is 5.95. The van der Waals surface area contributed by atoms with E-state index in [0.29, 0.717) is 40.7 Å². The fourth-order valence-electron chi connectivity index (χ4n) is 3.07. The Morgan fingerprint density at radius 2 is 1.73 bits per heavy atom.